The fraction of sp³-hybridized carbons (Fsp3) is 0. The molecule has 25 heavy (non-hydrogen) atoms. The first-order valence-corrected chi connectivity index (χ1v) is 7.79. The number of carbonyl (C=O) groups is 1. The van der Waals surface area contributed by atoms with E-state index in [1.165, 1.54) is 24.3 Å². The third-order valence-corrected chi connectivity index (χ3v) is 3.94. The van der Waals surface area contributed by atoms with Crippen molar-refractivity contribution in [2.75, 3.05) is 0 Å². The number of nitrogens with zero attached hydrogens (tertiary/aromatic N) is 2. The van der Waals surface area contributed by atoms with Crippen molar-refractivity contribution in [2.45, 2.75) is 0 Å². The summed E-state index contributed by atoms with van der Waals surface area (Å²) in [5.41, 5.74) is -1.62. The molecular formula is C17H10BrFN2O4. The number of phenolic OH excluding ortho intramolecular Hbond substituents is 1. The number of benzene rings is 2. The van der Waals surface area contributed by atoms with E-state index in [1.807, 2.05) is 0 Å². The van der Waals surface area contributed by atoms with Crippen LogP contribution in [0.3, 0.4) is 0 Å². The number of para-hydroxylation sites is 1. The Balaban J connectivity index is 2.18. The Morgan fingerprint density at radius 2 is 1.76 bits per heavy atom. The molecule has 0 amide bonds. The van der Waals surface area contributed by atoms with Gasteiger partial charge in [0.25, 0.3) is 5.56 Å². The van der Waals surface area contributed by atoms with Crippen LogP contribution in [0.25, 0.3) is 5.69 Å². The van der Waals surface area contributed by atoms with E-state index >= 15 is 0 Å². The van der Waals surface area contributed by atoms with Crippen molar-refractivity contribution in [1.29, 1.82) is 0 Å². The van der Waals surface area contributed by atoms with Crippen molar-refractivity contribution in [3.63, 3.8) is 0 Å². The molecule has 0 bridgehead atoms. The minimum absolute atomic E-state index is 0.217. The molecule has 126 valence electrons. The van der Waals surface area contributed by atoms with Gasteiger partial charge in [0.2, 0.25) is 5.78 Å². The number of hydrogen-bond acceptors (Lipinski definition) is 5. The fourth-order valence-electron chi connectivity index (χ4n) is 2.22. The molecule has 0 radical (unpaired) electrons. The number of halogens is 2. The monoisotopic (exact) mass is 404 g/mol. The van der Waals surface area contributed by atoms with E-state index in [9.17, 15) is 24.2 Å². The average molecular weight is 405 g/mol. The minimum Gasteiger partial charge on any atom is -0.506 e. The number of phenols is 1. The molecule has 0 aliphatic carbocycles. The van der Waals surface area contributed by atoms with E-state index < -0.39 is 40.0 Å². The first kappa shape index (κ1) is 16.8. The molecule has 1 aromatic heterocycles. The standard InChI is InChI=1S/C17H10BrFN2O4/c18-10-6-4-9(5-7-10)17(25)15-13(23)8-14(24)21(20-15)16-11(19)2-1-3-12(16)22/h1-8,22-23H. The summed E-state index contributed by atoms with van der Waals surface area (Å²) in [5, 5.41) is 23.5. The first-order chi connectivity index (χ1) is 11.9. The molecule has 3 aromatic rings. The Labute approximate surface area is 148 Å². The Morgan fingerprint density at radius 3 is 2.40 bits per heavy atom. The van der Waals surface area contributed by atoms with Crippen LogP contribution in [0.5, 0.6) is 11.5 Å². The van der Waals surface area contributed by atoms with Crippen molar-refractivity contribution in [3.8, 4) is 17.2 Å². The predicted octanol–water partition coefficient (Wildman–Crippen LogP) is 2.78. The smallest absolute Gasteiger partial charge is 0.275 e. The molecule has 0 fully saturated rings. The van der Waals surface area contributed by atoms with Gasteiger partial charge in [-0.1, -0.05) is 22.0 Å². The van der Waals surface area contributed by atoms with Gasteiger partial charge in [-0.15, -0.1) is 0 Å². The molecule has 0 aliphatic heterocycles. The van der Waals surface area contributed by atoms with Gasteiger partial charge in [-0.3, -0.25) is 9.59 Å². The second kappa shape index (κ2) is 6.48. The van der Waals surface area contributed by atoms with E-state index in [-0.39, 0.29) is 5.56 Å². The van der Waals surface area contributed by atoms with Crippen molar-refractivity contribution in [1.82, 2.24) is 9.78 Å². The SMILES string of the molecule is O=C(c1ccc(Br)cc1)c1nn(-c2c(O)cccc2F)c(=O)cc1O. The molecule has 0 atom stereocenters. The van der Waals surface area contributed by atoms with Gasteiger partial charge in [0.1, 0.15) is 11.4 Å². The number of hydrogen-bond donors (Lipinski definition) is 2. The molecule has 0 saturated carbocycles. The van der Waals surface area contributed by atoms with Crippen molar-refractivity contribution in [2.24, 2.45) is 0 Å². The zero-order valence-corrected chi connectivity index (χ0v) is 14.1. The van der Waals surface area contributed by atoms with Crippen LogP contribution < -0.4 is 5.56 Å². The van der Waals surface area contributed by atoms with Crippen LogP contribution in [-0.4, -0.2) is 25.8 Å². The minimum atomic E-state index is -0.901. The maximum Gasteiger partial charge on any atom is 0.275 e. The lowest BCUT2D eigenvalue weighted by atomic mass is 10.1. The molecule has 0 unspecified atom stereocenters. The normalized spacial score (nSPS) is 10.6. The highest BCUT2D eigenvalue weighted by molar-refractivity contribution is 9.10. The lowest BCUT2D eigenvalue weighted by Crippen LogP contribution is -2.24. The number of aromatic nitrogens is 2. The largest absolute Gasteiger partial charge is 0.506 e. The quantitative estimate of drug-likeness (QED) is 0.654. The zero-order chi connectivity index (χ0) is 18.1. The van der Waals surface area contributed by atoms with E-state index in [4.69, 9.17) is 0 Å². The Bertz CT molecular complexity index is 1010. The topological polar surface area (TPSA) is 92.4 Å². The number of rotatable bonds is 3. The summed E-state index contributed by atoms with van der Waals surface area (Å²) >= 11 is 3.24. The molecule has 8 heteroatoms. The maximum atomic E-state index is 14.0. The van der Waals surface area contributed by atoms with Gasteiger partial charge in [-0.25, -0.2) is 4.39 Å². The Morgan fingerprint density at radius 1 is 1.08 bits per heavy atom. The van der Waals surface area contributed by atoms with Crippen molar-refractivity contribution < 1.29 is 19.4 Å². The third kappa shape index (κ3) is 3.16. The van der Waals surface area contributed by atoms with Crippen LogP contribution in [0, 0.1) is 5.82 Å². The molecular weight excluding hydrogens is 395 g/mol. The van der Waals surface area contributed by atoms with Crippen LogP contribution in [0.15, 0.2) is 57.8 Å². The molecule has 2 aromatic carbocycles. The molecule has 1 heterocycles. The van der Waals surface area contributed by atoms with Gasteiger partial charge >= 0.3 is 0 Å². The summed E-state index contributed by atoms with van der Waals surface area (Å²) in [4.78, 5) is 24.6. The van der Waals surface area contributed by atoms with Crippen LogP contribution in [-0.2, 0) is 0 Å². The average Bonchev–Trinajstić information content (AvgIpc) is 2.56. The van der Waals surface area contributed by atoms with E-state index in [0.717, 1.165) is 16.6 Å². The second-order valence-electron chi connectivity index (χ2n) is 5.07. The maximum absolute atomic E-state index is 14.0. The second-order valence-corrected chi connectivity index (χ2v) is 5.99. The highest BCUT2D eigenvalue weighted by atomic mass is 79.9. The molecule has 0 spiro atoms. The van der Waals surface area contributed by atoms with Crippen LogP contribution in [0.2, 0.25) is 0 Å². The molecule has 3 rings (SSSR count). The molecule has 0 aliphatic rings. The summed E-state index contributed by atoms with van der Waals surface area (Å²) in [6.07, 6.45) is 0. The lowest BCUT2D eigenvalue weighted by Gasteiger charge is -2.10. The lowest BCUT2D eigenvalue weighted by molar-refractivity contribution is 0.102. The summed E-state index contributed by atoms with van der Waals surface area (Å²) in [6, 6.07) is 10.5. The predicted molar refractivity (Wildman–Crippen MR) is 90.7 cm³/mol. The number of aromatic hydroxyl groups is 2. The van der Waals surface area contributed by atoms with Crippen LogP contribution >= 0.6 is 15.9 Å². The molecule has 6 nitrogen and oxygen atoms in total. The van der Waals surface area contributed by atoms with Gasteiger partial charge in [0.15, 0.2) is 17.3 Å². The number of ketones is 1. The highest BCUT2D eigenvalue weighted by Gasteiger charge is 2.21. The number of carbonyl (C=O) groups excluding carboxylic acids is 1. The third-order valence-electron chi connectivity index (χ3n) is 3.41. The summed E-state index contributed by atoms with van der Waals surface area (Å²) < 4.78 is 15.3. The van der Waals surface area contributed by atoms with Gasteiger partial charge in [0.05, 0.1) is 0 Å². The van der Waals surface area contributed by atoms with E-state index in [0.29, 0.717) is 4.68 Å². The summed E-state index contributed by atoms with van der Waals surface area (Å²) in [6.45, 7) is 0. The van der Waals surface area contributed by atoms with E-state index in [1.54, 1.807) is 12.1 Å². The van der Waals surface area contributed by atoms with Crippen molar-refractivity contribution >= 4 is 21.7 Å². The van der Waals surface area contributed by atoms with Gasteiger partial charge in [-0.05, 0) is 36.4 Å². The fourth-order valence-corrected chi connectivity index (χ4v) is 2.48. The van der Waals surface area contributed by atoms with Crippen molar-refractivity contribution in [3.05, 3.63) is 80.4 Å². The molecule has 2 N–H and O–H groups in total. The van der Waals surface area contributed by atoms with Crippen LogP contribution in [0.1, 0.15) is 16.1 Å². The van der Waals surface area contributed by atoms with E-state index in [2.05, 4.69) is 21.0 Å². The van der Waals surface area contributed by atoms with Gasteiger partial charge in [0, 0.05) is 16.1 Å². The summed E-state index contributed by atoms with van der Waals surface area (Å²) in [7, 11) is 0. The Hall–Kier alpha value is -3.00. The first-order valence-electron chi connectivity index (χ1n) is 7.00. The zero-order valence-electron chi connectivity index (χ0n) is 12.5. The highest BCUT2D eigenvalue weighted by Crippen LogP contribution is 2.24. The molecule has 0 saturated heterocycles. The van der Waals surface area contributed by atoms with Crippen LogP contribution in [0.4, 0.5) is 4.39 Å². The summed E-state index contributed by atoms with van der Waals surface area (Å²) in [5.74, 6) is -2.72. The Kier molecular flexibility index (Phi) is 4.37. The van der Waals surface area contributed by atoms with Gasteiger partial charge in [-0.2, -0.15) is 9.78 Å². The van der Waals surface area contributed by atoms with Gasteiger partial charge < -0.3 is 10.2 Å².